The number of carbonyl (C=O) groups excluding carboxylic acids is 3. The normalized spacial score (nSPS) is 10.5. The lowest BCUT2D eigenvalue weighted by atomic mass is 10.2. The third kappa shape index (κ3) is 7.25. The Balaban J connectivity index is 1.53. The molecule has 3 aromatic rings. The molecular weight excluding hydrogens is 485 g/mol. The molecule has 2 amide bonds. The molecule has 0 aliphatic rings. The number of benzene rings is 2. The summed E-state index contributed by atoms with van der Waals surface area (Å²) in [6, 6.07) is 12.2. The molecule has 9 nitrogen and oxygen atoms in total. The minimum Gasteiger partial charge on any atom is -0.462 e. The highest BCUT2D eigenvalue weighted by molar-refractivity contribution is 7.99. The number of nitrogens with zero attached hydrogens (tertiary/aromatic N) is 3. The van der Waals surface area contributed by atoms with E-state index in [0.717, 1.165) is 0 Å². The van der Waals surface area contributed by atoms with Crippen molar-refractivity contribution in [2.75, 3.05) is 24.2 Å². The Hall–Kier alpha value is -3.99. The summed E-state index contributed by atoms with van der Waals surface area (Å²) < 4.78 is 20.5. The van der Waals surface area contributed by atoms with Gasteiger partial charge < -0.3 is 19.9 Å². The summed E-state index contributed by atoms with van der Waals surface area (Å²) >= 11 is 1.21. The Kier molecular flexibility index (Phi) is 9.75. The van der Waals surface area contributed by atoms with Crippen LogP contribution in [-0.4, -0.2) is 51.5 Å². The van der Waals surface area contributed by atoms with Gasteiger partial charge in [-0.15, -0.1) is 16.8 Å². The quantitative estimate of drug-likeness (QED) is 0.217. The van der Waals surface area contributed by atoms with Crippen LogP contribution in [-0.2, 0) is 22.5 Å². The maximum atomic E-state index is 13.8. The summed E-state index contributed by atoms with van der Waals surface area (Å²) in [7, 11) is 0. The summed E-state index contributed by atoms with van der Waals surface area (Å²) in [6.45, 7) is 6.42. The molecule has 11 heteroatoms. The number of allylic oxidation sites excluding steroid dienone is 1. The lowest BCUT2D eigenvalue weighted by Gasteiger charge is -2.09. The first kappa shape index (κ1) is 26.6. The van der Waals surface area contributed by atoms with Crippen LogP contribution >= 0.6 is 11.8 Å². The van der Waals surface area contributed by atoms with Crippen molar-refractivity contribution in [2.24, 2.45) is 0 Å². The number of hydrogen-bond donors (Lipinski definition) is 2. The average Bonchev–Trinajstić information content (AvgIpc) is 3.25. The number of rotatable bonds is 12. The third-order valence-corrected chi connectivity index (χ3v) is 5.84. The fourth-order valence-electron chi connectivity index (χ4n) is 3.18. The van der Waals surface area contributed by atoms with Gasteiger partial charge >= 0.3 is 5.97 Å². The van der Waals surface area contributed by atoms with Crippen LogP contribution < -0.4 is 10.6 Å². The fraction of sp³-hybridized carbons (Fsp3) is 0.240. The summed E-state index contributed by atoms with van der Waals surface area (Å²) in [5.74, 6) is -1.09. The molecule has 1 heterocycles. The van der Waals surface area contributed by atoms with Crippen LogP contribution in [0.1, 0.15) is 33.5 Å². The Morgan fingerprint density at radius 2 is 1.89 bits per heavy atom. The second-order valence-corrected chi connectivity index (χ2v) is 8.36. The van der Waals surface area contributed by atoms with E-state index >= 15 is 0 Å². The summed E-state index contributed by atoms with van der Waals surface area (Å²) in [5.41, 5.74) is 0.926. The number of carbonyl (C=O) groups is 3. The molecule has 0 bridgehead atoms. The second-order valence-electron chi connectivity index (χ2n) is 7.42. The average molecular weight is 512 g/mol. The molecule has 0 atom stereocenters. The molecule has 0 spiro atoms. The maximum absolute atomic E-state index is 13.8. The van der Waals surface area contributed by atoms with E-state index in [1.807, 2.05) is 0 Å². The van der Waals surface area contributed by atoms with E-state index in [1.165, 1.54) is 30.0 Å². The molecule has 2 N–H and O–H groups in total. The van der Waals surface area contributed by atoms with Crippen molar-refractivity contribution >= 4 is 35.2 Å². The smallest absolute Gasteiger partial charge is 0.338 e. The molecule has 0 aliphatic carbocycles. The maximum Gasteiger partial charge on any atom is 0.338 e. The van der Waals surface area contributed by atoms with Crippen LogP contribution in [0.25, 0.3) is 0 Å². The first-order valence-corrected chi connectivity index (χ1v) is 12.2. The standard InChI is InChI=1S/C25H26FN5O4S/c1-3-15-31-21(13-14-27-23(33)19-7-5-6-8-20(19)26)29-30-25(31)36-16-22(32)28-18-11-9-17(10-12-18)24(34)35-4-2/h3,5-12H,1,4,13-16H2,2H3,(H,27,33)(H,28,32). The molecule has 2 aromatic carbocycles. The Bertz CT molecular complexity index is 1230. The topological polar surface area (TPSA) is 115 Å². The minimum absolute atomic E-state index is 0.0251. The van der Waals surface area contributed by atoms with E-state index in [4.69, 9.17) is 4.74 Å². The Morgan fingerprint density at radius 3 is 2.58 bits per heavy atom. The number of amides is 2. The van der Waals surface area contributed by atoms with Gasteiger partial charge in [0.2, 0.25) is 5.91 Å². The first-order chi connectivity index (χ1) is 17.4. The van der Waals surface area contributed by atoms with Gasteiger partial charge in [0.1, 0.15) is 11.6 Å². The van der Waals surface area contributed by atoms with E-state index in [0.29, 0.717) is 35.2 Å². The summed E-state index contributed by atoms with van der Waals surface area (Å²) in [5, 5.41) is 14.3. The van der Waals surface area contributed by atoms with Crippen LogP contribution in [0, 0.1) is 5.82 Å². The zero-order valence-electron chi connectivity index (χ0n) is 19.7. The summed E-state index contributed by atoms with van der Waals surface area (Å²) in [4.78, 5) is 36.3. The van der Waals surface area contributed by atoms with Crippen LogP contribution in [0.15, 0.2) is 66.3 Å². The zero-order valence-corrected chi connectivity index (χ0v) is 20.5. The van der Waals surface area contributed by atoms with Crippen LogP contribution in [0.3, 0.4) is 0 Å². The van der Waals surface area contributed by atoms with E-state index in [9.17, 15) is 18.8 Å². The number of anilines is 1. The molecule has 0 unspecified atom stereocenters. The second kappa shape index (κ2) is 13.2. The van der Waals surface area contributed by atoms with Gasteiger partial charge in [0.05, 0.1) is 23.5 Å². The largest absolute Gasteiger partial charge is 0.462 e. The molecule has 1 aromatic heterocycles. The molecule has 0 saturated carbocycles. The Labute approximate surface area is 212 Å². The molecule has 188 valence electrons. The number of ether oxygens (including phenoxy) is 1. The van der Waals surface area contributed by atoms with E-state index in [-0.39, 0.29) is 30.4 Å². The van der Waals surface area contributed by atoms with E-state index in [1.54, 1.807) is 47.9 Å². The summed E-state index contributed by atoms with van der Waals surface area (Å²) in [6.07, 6.45) is 2.04. The van der Waals surface area contributed by atoms with Crippen molar-refractivity contribution in [3.63, 3.8) is 0 Å². The monoisotopic (exact) mass is 511 g/mol. The number of thioether (sulfide) groups is 1. The SMILES string of the molecule is C=CCn1c(CCNC(=O)c2ccccc2F)nnc1SCC(=O)Nc1ccc(C(=O)OCC)cc1. The highest BCUT2D eigenvalue weighted by Gasteiger charge is 2.15. The van der Waals surface area contributed by atoms with Crippen molar-refractivity contribution in [2.45, 2.75) is 25.0 Å². The van der Waals surface area contributed by atoms with Crippen molar-refractivity contribution < 1.29 is 23.5 Å². The lowest BCUT2D eigenvalue weighted by molar-refractivity contribution is -0.113. The molecule has 36 heavy (non-hydrogen) atoms. The third-order valence-electron chi connectivity index (χ3n) is 4.87. The lowest BCUT2D eigenvalue weighted by Crippen LogP contribution is -2.27. The van der Waals surface area contributed by atoms with Gasteiger partial charge in [-0.1, -0.05) is 30.0 Å². The molecule has 0 radical (unpaired) electrons. The zero-order chi connectivity index (χ0) is 25.9. The predicted molar refractivity (Wildman–Crippen MR) is 134 cm³/mol. The van der Waals surface area contributed by atoms with Gasteiger partial charge in [-0.05, 0) is 43.3 Å². The van der Waals surface area contributed by atoms with Crippen LogP contribution in [0.4, 0.5) is 10.1 Å². The van der Waals surface area contributed by atoms with Gasteiger partial charge in [0, 0.05) is 25.2 Å². The molecule has 0 saturated heterocycles. The van der Waals surface area contributed by atoms with E-state index in [2.05, 4.69) is 27.4 Å². The molecule has 0 fully saturated rings. The number of hydrogen-bond acceptors (Lipinski definition) is 7. The van der Waals surface area contributed by atoms with Crippen molar-refractivity contribution in [3.05, 3.63) is 84.0 Å². The van der Waals surface area contributed by atoms with Gasteiger partial charge in [0.15, 0.2) is 5.16 Å². The molecular formula is C25H26FN5O4S. The fourth-order valence-corrected chi connectivity index (χ4v) is 3.95. The van der Waals surface area contributed by atoms with Gasteiger partial charge in [0.25, 0.3) is 5.91 Å². The highest BCUT2D eigenvalue weighted by atomic mass is 32.2. The highest BCUT2D eigenvalue weighted by Crippen LogP contribution is 2.19. The van der Waals surface area contributed by atoms with Crippen LogP contribution in [0.5, 0.6) is 0 Å². The number of esters is 1. The first-order valence-electron chi connectivity index (χ1n) is 11.2. The predicted octanol–water partition coefficient (Wildman–Crippen LogP) is 3.48. The minimum atomic E-state index is -0.586. The van der Waals surface area contributed by atoms with Crippen molar-refractivity contribution in [1.82, 2.24) is 20.1 Å². The number of halogens is 1. The van der Waals surface area contributed by atoms with Crippen molar-refractivity contribution in [1.29, 1.82) is 0 Å². The molecule has 3 rings (SSSR count). The van der Waals surface area contributed by atoms with Crippen molar-refractivity contribution in [3.8, 4) is 0 Å². The van der Waals surface area contributed by atoms with E-state index < -0.39 is 17.7 Å². The Morgan fingerprint density at radius 1 is 1.14 bits per heavy atom. The van der Waals surface area contributed by atoms with Gasteiger partial charge in [-0.25, -0.2) is 9.18 Å². The van der Waals surface area contributed by atoms with Gasteiger partial charge in [-0.2, -0.15) is 0 Å². The van der Waals surface area contributed by atoms with Crippen LogP contribution in [0.2, 0.25) is 0 Å². The van der Waals surface area contributed by atoms with Gasteiger partial charge in [-0.3, -0.25) is 9.59 Å². The number of aromatic nitrogens is 3. The number of nitrogens with one attached hydrogen (secondary N) is 2. The molecule has 0 aliphatic heterocycles.